The predicted molar refractivity (Wildman–Crippen MR) is 128 cm³/mol. The van der Waals surface area contributed by atoms with Crippen LogP contribution in [0.15, 0.2) is 54.6 Å². The summed E-state index contributed by atoms with van der Waals surface area (Å²) in [6, 6.07) is 18.5. The van der Waals surface area contributed by atoms with Gasteiger partial charge in [0.15, 0.2) is 0 Å². The lowest BCUT2D eigenvalue weighted by Gasteiger charge is -2.31. The van der Waals surface area contributed by atoms with Crippen molar-refractivity contribution in [2.24, 2.45) is 0 Å². The molecule has 7 heteroatoms. The number of anilines is 1. The van der Waals surface area contributed by atoms with Crippen molar-refractivity contribution < 1.29 is 4.79 Å². The zero-order valence-corrected chi connectivity index (χ0v) is 18.9. The fourth-order valence-electron chi connectivity index (χ4n) is 4.53. The van der Waals surface area contributed by atoms with E-state index in [0.29, 0.717) is 18.8 Å². The van der Waals surface area contributed by atoms with E-state index in [-0.39, 0.29) is 5.91 Å². The molecule has 1 aliphatic heterocycles. The average molecular weight is 439 g/mol. The molecule has 3 heterocycles. The minimum Gasteiger partial charge on any atom is -0.308 e. The maximum atomic E-state index is 12.9. The summed E-state index contributed by atoms with van der Waals surface area (Å²) in [5, 5.41) is 14.5. The van der Waals surface area contributed by atoms with Crippen molar-refractivity contribution in [1.29, 1.82) is 0 Å². The number of fused-ring (bicyclic) bond motifs is 1. The molecule has 0 atom stereocenters. The number of nitrogens with one attached hydrogen (secondary N) is 1. The summed E-state index contributed by atoms with van der Waals surface area (Å²) < 4.78 is 0. The molecule has 5 rings (SSSR count). The third kappa shape index (κ3) is 4.14. The Morgan fingerprint density at radius 3 is 2.55 bits per heavy atom. The Morgan fingerprint density at radius 2 is 1.82 bits per heavy atom. The number of H-pyrrole nitrogens is 1. The van der Waals surface area contributed by atoms with Gasteiger partial charge in [-0.3, -0.25) is 9.78 Å². The van der Waals surface area contributed by atoms with Crippen molar-refractivity contribution in [1.82, 2.24) is 25.6 Å². The Balaban J connectivity index is 1.44. The van der Waals surface area contributed by atoms with Crippen molar-refractivity contribution >= 4 is 11.6 Å². The maximum absolute atomic E-state index is 12.9. The zero-order valence-electron chi connectivity index (χ0n) is 18.9. The molecule has 0 saturated heterocycles. The third-order valence-electron chi connectivity index (χ3n) is 6.17. The third-order valence-corrected chi connectivity index (χ3v) is 6.17. The van der Waals surface area contributed by atoms with Gasteiger partial charge in [0.2, 0.25) is 11.7 Å². The molecular weight excluding hydrogens is 412 g/mol. The van der Waals surface area contributed by atoms with Gasteiger partial charge in [0, 0.05) is 23.4 Å². The molecule has 33 heavy (non-hydrogen) atoms. The second kappa shape index (κ2) is 8.94. The number of benzene rings is 2. The van der Waals surface area contributed by atoms with E-state index in [1.54, 1.807) is 0 Å². The van der Waals surface area contributed by atoms with Gasteiger partial charge in [0.05, 0.1) is 12.2 Å². The molecule has 0 spiro atoms. The van der Waals surface area contributed by atoms with E-state index in [4.69, 9.17) is 4.98 Å². The molecule has 7 nitrogen and oxygen atoms in total. The summed E-state index contributed by atoms with van der Waals surface area (Å²) in [5.74, 6) is 0.735. The Labute approximate surface area is 192 Å². The molecule has 0 unspecified atom stereocenters. The van der Waals surface area contributed by atoms with Crippen LogP contribution in [-0.2, 0) is 24.2 Å². The van der Waals surface area contributed by atoms with Crippen LogP contribution in [0.1, 0.15) is 42.3 Å². The Hall–Kier alpha value is -3.87. The van der Waals surface area contributed by atoms with E-state index in [0.717, 1.165) is 58.6 Å². The summed E-state index contributed by atoms with van der Waals surface area (Å²) in [6.45, 7) is 4.76. The number of amides is 1. The number of hydrogen-bond acceptors (Lipinski definition) is 5. The lowest BCUT2D eigenvalue weighted by molar-refractivity contribution is -0.119. The standard InChI is InChI=1S/C26H26N6O/c1-3-6-20-15-24-21(17(2)27-20)13-14-25(33)32(24)16-18-9-11-19(12-10-18)22-7-4-5-8-23(22)26-28-30-31-29-26/h4-5,7-12,15H,3,6,13-14,16H2,1-2H3,(H,28,29,30,31). The summed E-state index contributed by atoms with van der Waals surface area (Å²) >= 11 is 0. The van der Waals surface area contributed by atoms with E-state index >= 15 is 0 Å². The summed E-state index contributed by atoms with van der Waals surface area (Å²) in [5.41, 5.74) is 8.43. The molecule has 1 aliphatic rings. The van der Waals surface area contributed by atoms with E-state index in [2.05, 4.69) is 70.9 Å². The van der Waals surface area contributed by atoms with Gasteiger partial charge in [-0.05, 0) is 53.3 Å². The lowest BCUT2D eigenvalue weighted by atomic mass is 9.96. The number of aromatic amines is 1. The van der Waals surface area contributed by atoms with Gasteiger partial charge < -0.3 is 4.90 Å². The Bertz CT molecular complexity index is 1280. The molecule has 0 saturated carbocycles. The van der Waals surface area contributed by atoms with Gasteiger partial charge in [0.25, 0.3) is 0 Å². The van der Waals surface area contributed by atoms with Crippen LogP contribution in [0.25, 0.3) is 22.5 Å². The number of pyridine rings is 1. The molecule has 2 aromatic carbocycles. The van der Waals surface area contributed by atoms with Crippen LogP contribution in [0.2, 0.25) is 0 Å². The average Bonchev–Trinajstić information content (AvgIpc) is 3.37. The Kier molecular flexibility index (Phi) is 5.69. The molecule has 0 fully saturated rings. The van der Waals surface area contributed by atoms with Crippen molar-refractivity contribution in [3.8, 4) is 22.5 Å². The van der Waals surface area contributed by atoms with Crippen LogP contribution in [0.5, 0.6) is 0 Å². The van der Waals surface area contributed by atoms with E-state index in [1.165, 1.54) is 5.56 Å². The largest absolute Gasteiger partial charge is 0.308 e. The molecule has 0 bridgehead atoms. The number of carbonyl (C=O) groups excluding carboxylic acids is 1. The minimum absolute atomic E-state index is 0.169. The minimum atomic E-state index is 0.169. The molecule has 1 N–H and O–H groups in total. The summed E-state index contributed by atoms with van der Waals surface area (Å²) in [6.07, 6.45) is 3.25. The zero-order chi connectivity index (χ0) is 22.8. The predicted octanol–water partition coefficient (Wildman–Crippen LogP) is 4.67. The number of rotatable bonds is 6. The fraction of sp³-hybridized carbons (Fsp3) is 0.269. The van der Waals surface area contributed by atoms with Crippen molar-refractivity contribution in [3.63, 3.8) is 0 Å². The van der Waals surface area contributed by atoms with E-state index in [1.807, 2.05) is 23.1 Å². The molecule has 4 aromatic rings. The normalized spacial score (nSPS) is 13.3. The fourth-order valence-corrected chi connectivity index (χ4v) is 4.53. The number of tetrazole rings is 1. The van der Waals surface area contributed by atoms with Crippen molar-refractivity contribution in [2.75, 3.05) is 4.90 Å². The number of hydrogen-bond donors (Lipinski definition) is 1. The molecule has 0 radical (unpaired) electrons. The molecule has 2 aromatic heterocycles. The van der Waals surface area contributed by atoms with E-state index < -0.39 is 0 Å². The highest BCUT2D eigenvalue weighted by atomic mass is 16.2. The smallest absolute Gasteiger partial charge is 0.227 e. The van der Waals surface area contributed by atoms with Crippen LogP contribution in [0.3, 0.4) is 0 Å². The van der Waals surface area contributed by atoms with Gasteiger partial charge in [0.1, 0.15) is 0 Å². The molecule has 166 valence electrons. The van der Waals surface area contributed by atoms with Crippen LogP contribution in [-0.4, -0.2) is 31.5 Å². The van der Waals surface area contributed by atoms with Crippen LogP contribution >= 0.6 is 0 Å². The summed E-state index contributed by atoms with van der Waals surface area (Å²) in [7, 11) is 0. The van der Waals surface area contributed by atoms with Crippen LogP contribution in [0.4, 0.5) is 5.69 Å². The maximum Gasteiger partial charge on any atom is 0.227 e. The topological polar surface area (TPSA) is 87.7 Å². The van der Waals surface area contributed by atoms with Gasteiger partial charge in [-0.1, -0.05) is 61.9 Å². The highest BCUT2D eigenvalue weighted by Gasteiger charge is 2.26. The second-order valence-corrected chi connectivity index (χ2v) is 8.40. The molecule has 0 aliphatic carbocycles. The first-order chi connectivity index (χ1) is 16.1. The summed E-state index contributed by atoms with van der Waals surface area (Å²) in [4.78, 5) is 19.6. The molecular formula is C26H26N6O. The SMILES string of the molecule is CCCc1cc2c(c(C)n1)CCC(=O)N2Cc1ccc(-c2ccccc2-c2nn[nH]n2)cc1. The van der Waals surface area contributed by atoms with E-state index in [9.17, 15) is 4.79 Å². The quantitative estimate of drug-likeness (QED) is 0.473. The van der Waals surface area contributed by atoms with Crippen LogP contribution in [0, 0.1) is 6.92 Å². The van der Waals surface area contributed by atoms with Crippen LogP contribution < -0.4 is 4.90 Å². The second-order valence-electron chi connectivity index (χ2n) is 8.40. The highest BCUT2D eigenvalue weighted by molar-refractivity contribution is 5.96. The number of carbonyl (C=O) groups is 1. The van der Waals surface area contributed by atoms with Gasteiger partial charge in [-0.2, -0.15) is 5.21 Å². The van der Waals surface area contributed by atoms with Gasteiger partial charge >= 0.3 is 0 Å². The number of aryl methyl sites for hydroxylation is 2. The van der Waals surface area contributed by atoms with Crippen molar-refractivity contribution in [3.05, 3.63) is 77.1 Å². The number of aromatic nitrogens is 5. The first-order valence-electron chi connectivity index (χ1n) is 11.4. The van der Waals surface area contributed by atoms with Gasteiger partial charge in [-0.25, -0.2) is 0 Å². The highest BCUT2D eigenvalue weighted by Crippen LogP contribution is 2.33. The lowest BCUT2D eigenvalue weighted by Crippen LogP contribution is -2.35. The number of nitrogens with zero attached hydrogens (tertiary/aromatic N) is 5. The van der Waals surface area contributed by atoms with Crippen molar-refractivity contribution in [2.45, 2.75) is 46.1 Å². The first kappa shape index (κ1) is 21.0. The first-order valence-corrected chi connectivity index (χ1v) is 11.4. The monoisotopic (exact) mass is 438 g/mol. The molecule has 1 amide bonds. The van der Waals surface area contributed by atoms with Gasteiger partial charge in [-0.15, -0.1) is 10.2 Å². The Morgan fingerprint density at radius 1 is 1.03 bits per heavy atom.